The number of carbonyl (C=O) groups is 2. The van der Waals surface area contributed by atoms with E-state index in [-0.39, 0.29) is 18.2 Å². The van der Waals surface area contributed by atoms with Gasteiger partial charge in [-0.2, -0.15) is 0 Å². The van der Waals surface area contributed by atoms with Gasteiger partial charge in [0.1, 0.15) is 0 Å². The summed E-state index contributed by atoms with van der Waals surface area (Å²) >= 11 is 1.57. The quantitative estimate of drug-likeness (QED) is 0.819. The first kappa shape index (κ1) is 15.2. The van der Waals surface area contributed by atoms with Gasteiger partial charge in [0, 0.05) is 31.6 Å². The molecule has 112 valence electrons. The Morgan fingerprint density at radius 3 is 3.05 bits per heavy atom. The summed E-state index contributed by atoms with van der Waals surface area (Å²) in [5.74, 6) is -0.291. The normalized spacial score (nSPS) is 10.6. The molecule has 21 heavy (non-hydrogen) atoms. The summed E-state index contributed by atoms with van der Waals surface area (Å²) in [7, 11) is 1.75. The minimum atomic E-state index is -0.267. The topological polar surface area (TPSA) is 66.7 Å². The van der Waals surface area contributed by atoms with Gasteiger partial charge in [-0.3, -0.25) is 14.0 Å². The molecular formula is C14H18N4O2S. The van der Waals surface area contributed by atoms with E-state index in [1.807, 2.05) is 22.9 Å². The molecule has 2 rings (SSSR count). The number of aromatic nitrogens is 2. The van der Waals surface area contributed by atoms with Crippen molar-refractivity contribution in [2.75, 3.05) is 13.6 Å². The third-order valence-electron chi connectivity index (χ3n) is 3.20. The third-order valence-corrected chi connectivity index (χ3v) is 3.95. The number of imidazole rings is 1. The summed E-state index contributed by atoms with van der Waals surface area (Å²) in [5.41, 5.74) is 1.94. The van der Waals surface area contributed by atoms with E-state index in [0.29, 0.717) is 13.1 Å². The molecule has 2 heterocycles. The predicted octanol–water partition coefficient (Wildman–Crippen LogP) is 1.35. The zero-order valence-corrected chi connectivity index (χ0v) is 12.9. The second-order valence-electron chi connectivity index (χ2n) is 4.69. The molecule has 2 aromatic heterocycles. The standard InChI is InChI=1S/C14H18N4O2S/c1-4-12(19)15-6-5-13(20)17(3)9-11-10(2)16-14-18(11)7-8-21-14/h4,7-8H,1,5-6,9H2,2-3H3,(H,15,19). The zero-order chi connectivity index (χ0) is 15.4. The molecule has 0 aromatic carbocycles. The van der Waals surface area contributed by atoms with Crippen LogP contribution >= 0.6 is 11.3 Å². The number of carbonyl (C=O) groups excluding carboxylic acids is 2. The van der Waals surface area contributed by atoms with Crippen LogP contribution in [0.5, 0.6) is 0 Å². The van der Waals surface area contributed by atoms with Crippen LogP contribution in [0, 0.1) is 6.92 Å². The Bertz CT molecular complexity index is 674. The molecule has 0 saturated carbocycles. The highest BCUT2D eigenvalue weighted by Crippen LogP contribution is 2.18. The minimum absolute atomic E-state index is 0.0241. The molecule has 0 spiro atoms. The first-order valence-electron chi connectivity index (χ1n) is 6.58. The fraction of sp³-hybridized carbons (Fsp3) is 0.357. The maximum atomic E-state index is 12.0. The Hall–Kier alpha value is -2.15. The van der Waals surface area contributed by atoms with Crippen molar-refractivity contribution in [1.82, 2.24) is 19.6 Å². The average molecular weight is 306 g/mol. The molecule has 0 aliphatic carbocycles. The van der Waals surface area contributed by atoms with Crippen molar-refractivity contribution < 1.29 is 9.59 Å². The first-order chi connectivity index (χ1) is 10.0. The molecule has 6 nitrogen and oxygen atoms in total. The smallest absolute Gasteiger partial charge is 0.243 e. The number of nitrogens with zero attached hydrogens (tertiary/aromatic N) is 3. The van der Waals surface area contributed by atoms with E-state index in [9.17, 15) is 9.59 Å². The molecule has 0 bridgehead atoms. The van der Waals surface area contributed by atoms with E-state index in [1.165, 1.54) is 6.08 Å². The maximum absolute atomic E-state index is 12.0. The third kappa shape index (κ3) is 3.49. The van der Waals surface area contributed by atoms with E-state index < -0.39 is 0 Å². The lowest BCUT2D eigenvalue weighted by Gasteiger charge is -2.17. The second-order valence-corrected chi connectivity index (χ2v) is 5.57. The average Bonchev–Trinajstić information content (AvgIpc) is 3.01. The van der Waals surface area contributed by atoms with Gasteiger partial charge in [0.05, 0.1) is 17.9 Å². The number of rotatable bonds is 6. The van der Waals surface area contributed by atoms with E-state index in [2.05, 4.69) is 16.9 Å². The first-order valence-corrected chi connectivity index (χ1v) is 7.46. The van der Waals surface area contributed by atoms with Crippen LogP contribution < -0.4 is 5.32 Å². The van der Waals surface area contributed by atoms with Gasteiger partial charge in [0.15, 0.2) is 4.96 Å². The number of fused-ring (bicyclic) bond motifs is 1. The molecule has 0 fully saturated rings. The van der Waals surface area contributed by atoms with Crippen molar-refractivity contribution in [1.29, 1.82) is 0 Å². The summed E-state index contributed by atoms with van der Waals surface area (Å²) < 4.78 is 2.00. The highest BCUT2D eigenvalue weighted by atomic mass is 32.1. The van der Waals surface area contributed by atoms with E-state index in [4.69, 9.17) is 0 Å². The molecule has 0 aliphatic rings. The zero-order valence-electron chi connectivity index (χ0n) is 12.1. The molecule has 0 atom stereocenters. The summed E-state index contributed by atoms with van der Waals surface area (Å²) in [6.07, 6.45) is 3.41. The van der Waals surface area contributed by atoms with Gasteiger partial charge in [0.25, 0.3) is 0 Å². The summed E-state index contributed by atoms with van der Waals surface area (Å²) in [4.78, 5) is 30.1. The summed E-state index contributed by atoms with van der Waals surface area (Å²) in [5, 5.41) is 4.56. The van der Waals surface area contributed by atoms with Crippen LogP contribution in [0.3, 0.4) is 0 Å². The van der Waals surface area contributed by atoms with Gasteiger partial charge in [-0.25, -0.2) is 4.98 Å². The SMILES string of the molecule is C=CC(=O)NCCC(=O)N(C)Cc1c(C)nc2sccn12. The van der Waals surface area contributed by atoms with Gasteiger partial charge in [-0.05, 0) is 13.0 Å². The van der Waals surface area contributed by atoms with E-state index in [1.54, 1.807) is 23.3 Å². The Morgan fingerprint density at radius 2 is 2.33 bits per heavy atom. The molecule has 0 unspecified atom stereocenters. The predicted molar refractivity (Wildman–Crippen MR) is 82.1 cm³/mol. The number of thiazole rings is 1. The molecule has 7 heteroatoms. The van der Waals surface area contributed by atoms with Crippen LogP contribution in [-0.2, 0) is 16.1 Å². The van der Waals surface area contributed by atoms with Gasteiger partial charge >= 0.3 is 0 Å². The van der Waals surface area contributed by atoms with Crippen molar-refractivity contribution in [3.05, 3.63) is 35.6 Å². The number of nitrogens with one attached hydrogen (secondary N) is 1. The molecule has 1 N–H and O–H groups in total. The Balaban J connectivity index is 1.94. The van der Waals surface area contributed by atoms with Crippen molar-refractivity contribution >= 4 is 28.1 Å². The van der Waals surface area contributed by atoms with Crippen molar-refractivity contribution in [2.24, 2.45) is 0 Å². The minimum Gasteiger partial charge on any atom is -0.352 e. The van der Waals surface area contributed by atoms with Gasteiger partial charge in [-0.15, -0.1) is 11.3 Å². The number of hydrogen-bond acceptors (Lipinski definition) is 4. The van der Waals surface area contributed by atoms with Gasteiger partial charge in [-0.1, -0.05) is 6.58 Å². The molecular weight excluding hydrogens is 288 g/mol. The lowest BCUT2D eigenvalue weighted by Crippen LogP contribution is -2.31. The Labute approximate surface area is 127 Å². The van der Waals surface area contributed by atoms with Crippen molar-refractivity contribution in [3.8, 4) is 0 Å². The monoisotopic (exact) mass is 306 g/mol. The lowest BCUT2D eigenvalue weighted by molar-refractivity contribution is -0.130. The van der Waals surface area contributed by atoms with Crippen molar-refractivity contribution in [2.45, 2.75) is 19.9 Å². The van der Waals surface area contributed by atoms with Crippen LogP contribution in [0.2, 0.25) is 0 Å². The van der Waals surface area contributed by atoms with Gasteiger partial charge in [0.2, 0.25) is 11.8 Å². The number of hydrogen-bond donors (Lipinski definition) is 1. The van der Waals surface area contributed by atoms with Crippen LogP contribution in [0.4, 0.5) is 0 Å². The summed E-state index contributed by atoms with van der Waals surface area (Å²) in [6.45, 7) is 6.11. The maximum Gasteiger partial charge on any atom is 0.243 e. The Morgan fingerprint density at radius 1 is 1.57 bits per heavy atom. The largest absolute Gasteiger partial charge is 0.352 e. The van der Waals surface area contributed by atoms with Gasteiger partial charge < -0.3 is 10.2 Å². The molecule has 0 aliphatic heterocycles. The summed E-state index contributed by atoms with van der Waals surface area (Å²) in [6, 6.07) is 0. The number of amides is 2. The van der Waals surface area contributed by atoms with Crippen LogP contribution in [0.25, 0.3) is 4.96 Å². The van der Waals surface area contributed by atoms with Crippen LogP contribution in [0.1, 0.15) is 17.8 Å². The van der Waals surface area contributed by atoms with Crippen LogP contribution in [-0.4, -0.2) is 39.7 Å². The fourth-order valence-corrected chi connectivity index (χ4v) is 2.78. The molecule has 0 radical (unpaired) electrons. The second kappa shape index (κ2) is 6.53. The van der Waals surface area contributed by atoms with Crippen LogP contribution in [0.15, 0.2) is 24.2 Å². The lowest BCUT2D eigenvalue weighted by atomic mass is 10.3. The highest BCUT2D eigenvalue weighted by molar-refractivity contribution is 7.15. The molecule has 0 saturated heterocycles. The Kier molecular flexibility index (Phi) is 4.74. The van der Waals surface area contributed by atoms with Crippen molar-refractivity contribution in [3.63, 3.8) is 0 Å². The highest BCUT2D eigenvalue weighted by Gasteiger charge is 2.15. The van der Waals surface area contributed by atoms with E-state index in [0.717, 1.165) is 16.3 Å². The molecule has 2 amide bonds. The number of aryl methyl sites for hydroxylation is 1. The fourth-order valence-electron chi connectivity index (χ4n) is 2.00. The molecule has 2 aromatic rings. The van der Waals surface area contributed by atoms with E-state index >= 15 is 0 Å².